The van der Waals surface area contributed by atoms with Crippen LogP contribution in [0.4, 0.5) is 8.78 Å². The monoisotopic (exact) mass is 268 g/mol. The van der Waals surface area contributed by atoms with E-state index in [1.807, 2.05) is 0 Å². The van der Waals surface area contributed by atoms with Crippen LogP contribution in [0.2, 0.25) is 0 Å². The fourth-order valence-electron chi connectivity index (χ4n) is 2.28. The Balaban J connectivity index is 2.20. The van der Waals surface area contributed by atoms with Crippen molar-refractivity contribution in [1.82, 2.24) is 10.2 Å². The molecule has 1 aromatic carbocycles. The second kappa shape index (κ2) is 5.25. The zero-order chi connectivity index (χ0) is 14.0. The number of halogens is 2. The minimum absolute atomic E-state index is 0.0370. The minimum atomic E-state index is -0.988. The molecule has 0 saturated carbocycles. The molecule has 0 aromatic heterocycles. The molecule has 0 spiro atoms. The van der Waals surface area contributed by atoms with Crippen LogP contribution in [0.5, 0.6) is 0 Å². The number of carbonyl (C=O) groups excluding carboxylic acids is 1. The number of benzene rings is 1. The van der Waals surface area contributed by atoms with Gasteiger partial charge in [-0.05, 0) is 23.6 Å². The van der Waals surface area contributed by atoms with Gasteiger partial charge in [0.05, 0.1) is 0 Å². The van der Waals surface area contributed by atoms with Gasteiger partial charge in [0.2, 0.25) is 0 Å². The minimum Gasteiger partial charge on any atom is -0.337 e. The Morgan fingerprint density at radius 1 is 1.32 bits per heavy atom. The van der Waals surface area contributed by atoms with E-state index >= 15 is 0 Å². The average Bonchev–Trinajstić information content (AvgIpc) is 2.53. The first-order valence-electron chi connectivity index (χ1n) is 6.34. The lowest BCUT2D eigenvalue weighted by Gasteiger charge is -2.29. The number of hydrogen-bond acceptors (Lipinski definition) is 2. The van der Waals surface area contributed by atoms with E-state index in [4.69, 9.17) is 0 Å². The fourth-order valence-corrected chi connectivity index (χ4v) is 2.28. The van der Waals surface area contributed by atoms with Gasteiger partial charge in [-0.2, -0.15) is 0 Å². The second-order valence-corrected chi connectivity index (χ2v) is 5.70. The van der Waals surface area contributed by atoms with E-state index in [9.17, 15) is 13.6 Å². The van der Waals surface area contributed by atoms with Crippen molar-refractivity contribution in [2.45, 2.75) is 13.8 Å². The van der Waals surface area contributed by atoms with Crippen molar-refractivity contribution in [1.29, 1.82) is 0 Å². The molecular weight excluding hydrogens is 250 g/mol. The SMILES string of the molecule is CC1(C)CNCCN(C(=O)c2ccc(F)c(F)c2)C1. The Morgan fingerprint density at radius 2 is 2.05 bits per heavy atom. The summed E-state index contributed by atoms with van der Waals surface area (Å²) in [7, 11) is 0. The van der Waals surface area contributed by atoms with Crippen LogP contribution in [-0.2, 0) is 0 Å². The van der Waals surface area contributed by atoms with Crippen molar-refractivity contribution in [2.24, 2.45) is 5.41 Å². The van der Waals surface area contributed by atoms with E-state index in [0.717, 1.165) is 18.7 Å². The van der Waals surface area contributed by atoms with Gasteiger partial charge in [0.25, 0.3) is 5.91 Å². The van der Waals surface area contributed by atoms with Crippen molar-refractivity contribution in [3.63, 3.8) is 0 Å². The summed E-state index contributed by atoms with van der Waals surface area (Å²) in [6.45, 7) is 6.83. The summed E-state index contributed by atoms with van der Waals surface area (Å²) in [4.78, 5) is 14.0. The molecule has 0 bridgehead atoms. The maximum atomic E-state index is 13.2. The highest BCUT2D eigenvalue weighted by Crippen LogP contribution is 2.20. The van der Waals surface area contributed by atoms with Crippen LogP contribution in [-0.4, -0.2) is 37.0 Å². The lowest BCUT2D eigenvalue weighted by Crippen LogP contribution is -2.39. The molecule has 2 rings (SSSR count). The summed E-state index contributed by atoms with van der Waals surface area (Å²) < 4.78 is 26.1. The number of nitrogens with one attached hydrogen (secondary N) is 1. The Hall–Kier alpha value is -1.49. The first kappa shape index (κ1) is 13.9. The van der Waals surface area contributed by atoms with Crippen molar-refractivity contribution in [2.75, 3.05) is 26.2 Å². The molecule has 1 aromatic rings. The molecule has 104 valence electrons. The number of hydrogen-bond donors (Lipinski definition) is 1. The summed E-state index contributed by atoms with van der Waals surface area (Å²) >= 11 is 0. The smallest absolute Gasteiger partial charge is 0.254 e. The normalized spacial score (nSPS) is 19.1. The molecule has 1 heterocycles. The van der Waals surface area contributed by atoms with Crippen LogP contribution < -0.4 is 5.32 Å². The Bertz CT molecular complexity index is 488. The lowest BCUT2D eigenvalue weighted by molar-refractivity contribution is 0.0716. The highest BCUT2D eigenvalue weighted by Gasteiger charge is 2.28. The number of nitrogens with zero attached hydrogens (tertiary/aromatic N) is 1. The molecule has 19 heavy (non-hydrogen) atoms. The molecule has 0 atom stereocenters. The van der Waals surface area contributed by atoms with Gasteiger partial charge in [0, 0.05) is 31.7 Å². The predicted molar refractivity (Wildman–Crippen MR) is 68.9 cm³/mol. The first-order chi connectivity index (χ1) is 8.89. The molecule has 0 unspecified atom stereocenters. The summed E-state index contributed by atoms with van der Waals surface area (Å²) in [5.41, 5.74) is 0.154. The molecule has 1 amide bonds. The van der Waals surface area contributed by atoms with Gasteiger partial charge in [0.1, 0.15) is 0 Å². The maximum absolute atomic E-state index is 13.2. The molecule has 1 N–H and O–H groups in total. The molecule has 0 radical (unpaired) electrons. The number of amides is 1. The van der Waals surface area contributed by atoms with E-state index < -0.39 is 11.6 Å². The van der Waals surface area contributed by atoms with Crippen LogP contribution in [0.1, 0.15) is 24.2 Å². The third kappa shape index (κ3) is 3.29. The van der Waals surface area contributed by atoms with E-state index in [1.165, 1.54) is 6.07 Å². The van der Waals surface area contributed by atoms with Gasteiger partial charge in [-0.15, -0.1) is 0 Å². The highest BCUT2D eigenvalue weighted by atomic mass is 19.2. The third-order valence-corrected chi connectivity index (χ3v) is 3.23. The Labute approximate surface area is 111 Å². The zero-order valence-corrected chi connectivity index (χ0v) is 11.2. The van der Waals surface area contributed by atoms with Crippen molar-refractivity contribution >= 4 is 5.91 Å². The number of rotatable bonds is 1. The topological polar surface area (TPSA) is 32.3 Å². The van der Waals surface area contributed by atoms with Gasteiger partial charge < -0.3 is 10.2 Å². The van der Waals surface area contributed by atoms with Crippen LogP contribution in [0.15, 0.2) is 18.2 Å². The van der Waals surface area contributed by atoms with Crippen LogP contribution >= 0.6 is 0 Å². The molecule has 3 nitrogen and oxygen atoms in total. The lowest BCUT2D eigenvalue weighted by atomic mass is 9.93. The quantitative estimate of drug-likeness (QED) is 0.845. The maximum Gasteiger partial charge on any atom is 0.254 e. The Kier molecular flexibility index (Phi) is 3.85. The van der Waals surface area contributed by atoms with E-state index in [1.54, 1.807) is 4.90 Å². The van der Waals surface area contributed by atoms with Crippen molar-refractivity contribution < 1.29 is 13.6 Å². The van der Waals surface area contributed by atoms with Crippen molar-refractivity contribution in [3.05, 3.63) is 35.4 Å². The van der Waals surface area contributed by atoms with Crippen LogP contribution in [0.25, 0.3) is 0 Å². The molecule has 5 heteroatoms. The second-order valence-electron chi connectivity index (χ2n) is 5.70. The first-order valence-corrected chi connectivity index (χ1v) is 6.34. The highest BCUT2D eigenvalue weighted by molar-refractivity contribution is 5.94. The summed E-state index contributed by atoms with van der Waals surface area (Å²) in [6, 6.07) is 3.28. The van der Waals surface area contributed by atoms with E-state index in [2.05, 4.69) is 19.2 Å². The van der Waals surface area contributed by atoms with Crippen molar-refractivity contribution in [3.8, 4) is 0 Å². The van der Waals surface area contributed by atoms with Gasteiger partial charge in [-0.25, -0.2) is 8.78 Å². The largest absolute Gasteiger partial charge is 0.337 e. The molecule has 0 aliphatic carbocycles. The van der Waals surface area contributed by atoms with E-state index in [0.29, 0.717) is 19.6 Å². The van der Waals surface area contributed by atoms with Crippen LogP contribution in [0, 0.1) is 17.0 Å². The molecular formula is C14H18F2N2O. The standard InChI is InChI=1S/C14H18F2N2O/c1-14(2)8-17-5-6-18(9-14)13(19)10-3-4-11(15)12(16)7-10/h3-4,7,17H,5-6,8-9H2,1-2H3. The molecule has 1 aliphatic rings. The van der Waals surface area contributed by atoms with Crippen LogP contribution in [0.3, 0.4) is 0 Å². The number of carbonyl (C=O) groups is 1. The average molecular weight is 268 g/mol. The van der Waals surface area contributed by atoms with Gasteiger partial charge in [-0.3, -0.25) is 4.79 Å². The summed E-state index contributed by atoms with van der Waals surface area (Å²) in [5.74, 6) is -2.18. The van der Waals surface area contributed by atoms with Gasteiger partial charge >= 0.3 is 0 Å². The van der Waals surface area contributed by atoms with Gasteiger partial charge in [0.15, 0.2) is 11.6 Å². The summed E-state index contributed by atoms with van der Waals surface area (Å²) in [6.07, 6.45) is 0. The predicted octanol–water partition coefficient (Wildman–Crippen LogP) is 2.04. The third-order valence-electron chi connectivity index (χ3n) is 3.23. The fraction of sp³-hybridized carbons (Fsp3) is 0.500. The van der Waals surface area contributed by atoms with Gasteiger partial charge in [-0.1, -0.05) is 13.8 Å². The Morgan fingerprint density at radius 3 is 2.74 bits per heavy atom. The van der Waals surface area contributed by atoms with E-state index in [-0.39, 0.29) is 16.9 Å². The molecule has 1 fully saturated rings. The summed E-state index contributed by atoms with van der Waals surface area (Å²) in [5, 5.41) is 3.27. The molecule has 1 saturated heterocycles. The zero-order valence-electron chi connectivity index (χ0n) is 11.2. The molecule has 1 aliphatic heterocycles.